The molecular formula is C17H23ClN4O2S2. The summed E-state index contributed by atoms with van der Waals surface area (Å²) >= 11 is 6.99. The second-order valence-corrected chi connectivity index (χ2v) is 9.76. The number of nitrogens with zero attached hydrogens (tertiary/aromatic N) is 4. The Kier molecular flexibility index (Phi) is 6.17. The zero-order valence-corrected chi connectivity index (χ0v) is 17.3. The molecule has 0 spiro atoms. The highest BCUT2D eigenvalue weighted by atomic mass is 35.5. The van der Waals surface area contributed by atoms with Gasteiger partial charge in [0.1, 0.15) is 5.82 Å². The largest absolute Gasteiger partial charge is 0.342 e. The molecule has 1 aromatic carbocycles. The second kappa shape index (κ2) is 8.21. The SMILES string of the molecule is Cc1ccc(Cc2nsc(N3CCN(S(=O)(=O)CCCl)CC3C)n2)cc1. The average molecular weight is 415 g/mol. The van der Waals surface area contributed by atoms with Crippen molar-refractivity contribution in [1.82, 2.24) is 13.7 Å². The van der Waals surface area contributed by atoms with Gasteiger partial charge in [-0.3, -0.25) is 0 Å². The summed E-state index contributed by atoms with van der Waals surface area (Å²) in [5, 5.41) is 0.856. The van der Waals surface area contributed by atoms with Gasteiger partial charge < -0.3 is 4.90 Å². The molecular weight excluding hydrogens is 392 g/mol. The van der Waals surface area contributed by atoms with Gasteiger partial charge in [-0.1, -0.05) is 29.8 Å². The first-order valence-electron chi connectivity index (χ1n) is 8.57. The number of alkyl halides is 1. The number of anilines is 1. The molecule has 0 radical (unpaired) electrons. The first-order valence-corrected chi connectivity index (χ1v) is 11.5. The molecule has 3 rings (SSSR count). The monoisotopic (exact) mass is 414 g/mol. The van der Waals surface area contributed by atoms with Gasteiger partial charge in [0.15, 0.2) is 0 Å². The molecule has 1 fully saturated rings. The predicted octanol–water partition coefficient (Wildman–Crippen LogP) is 2.52. The molecule has 1 unspecified atom stereocenters. The highest BCUT2D eigenvalue weighted by Crippen LogP contribution is 2.24. The highest BCUT2D eigenvalue weighted by Gasteiger charge is 2.32. The van der Waals surface area contributed by atoms with Crippen LogP contribution in [0.15, 0.2) is 24.3 Å². The fraction of sp³-hybridized carbons (Fsp3) is 0.529. The quantitative estimate of drug-likeness (QED) is 0.679. The summed E-state index contributed by atoms with van der Waals surface area (Å²) in [5.74, 6) is 0.912. The van der Waals surface area contributed by atoms with Crippen LogP contribution in [0.1, 0.15) is 23.9 Å². The molecule has 0 bridgehead atoms. The lowest BCUT2D eigenvalue weighted by atomic mass is 10.1. The number of benzene rings is 1. The van der Waals surface area contributed by atoms with Crippen molar-refractivity contribution < 1.29 is 8.42 Å². The Labute approximate surface area is 164 Å². The van der Waals surface area contributed by atoms with Gasteiger partial charge in [0.25, 0.3) is 0 Å². The van der Waals surface area contributed by atoms with Crippen LogP contribution in [0.25, 0.3) is 0 Å². The first-order chi connectivity index (χ1) is 12.4. The predicted molar refractivity (Wildman–Crippen MR) is 107 cm³/mol. The van der Waals surface area contributed by atoms with Crippen molar-refractivity contribution in [3.63, 3.8) is 0 Å². The molecule has 1 aromatic heterocycles. The zero-order chi connectivity index (χ0) is 18.7. The van der Waals surface area contributed by atoms with Crippen LogP contribution in [0, 0.1) is 6.92 Å². The Morgan fingerprint density at radius 3 is 2.65 bits per heavy atom. The molecule has 26 heavy (non-hydrogen) atoms. The third-order valence-electron chi connectivity index (χ3n) is 4.50. The zero-order valence-electron chi connectivity index (χ0n) is 14.9. The first kappa shape index (κ1) is 19.5. The van der Waals surface area contributed by atoms with E-state index in [0.29, 0.717) is 26.1 Å². The normalized spacial score (nSPS) is 19.0. The van der Waals surface area contributed by atoms with E-state index in [4.69, 9.17) is 11.6 Å². The minimum absolute atomic E-state index is 0.0131. The molecule has 2 heterocycles. The molecule has 1 atom stereocenters. The van der Waals surface area contributed by atoms with Crippen molar-refractivity contribution in [2.75, 3.05) is 36.2 Å². The Morgan fingerprint density at radius 2 is 2.00 bits per heavy atom. The van der Waals surface area contributed by atoms with E-state index >= 15 is 0 Å². The molecule has 1 saturated heterocycles. The summed E-state index contributed by atoms with van der Waals surface area (Å²) in [5.41, 5.74) is 2.42. The van der Waals surface area contributed by atoms with Gasteiger partial charge in [-0.15, -0.1) is 11.6 Å². The Balaban J connectivity index is 1.65. The number of aryl methyl sites for hydroxylation is 1. The van der Waals surface area contributed by atoms with Crippen LogP contribution in [-0.2, 0) is 16.4 Å². The van der Waals surface area contributed by atoms with Gasteiger partial charge in [0.05, 0.1) is 5.75 Å². The van der Waals surface area contributed by atoms with Crippen LogP contribution >= 0.6 is 23.1 Å². The van der Waals surface area contributed by atoms with Gasteiger partial charge in [0.2, 0.25) is 15.2 Å². The van der Waals surface area contributed by atoms with E-state index < -0.39 is 10.0 Å². The Bertz CT molecular complexity index is 839. The summed E-state index contributed by atoms with van der Waals surface area (Å²) in [7, 11) is -3.27. The van der Waals surface area contributed by atoms with E-state index in [9.17, 15) is 8.42 Å². The lowest BCUT2D eigenvalue weighted by Gasteiger charge is -2.38. The molecule has 142 valence electrons. The van der Waals surface area contributed by atoms with Crippen LogP contribution in [0.4, 0.5) is 5.13 Å². The fourth-order valence-corrected chi connectivity index (χ4v) is 5.66. The van der Waals surface area contributed by atoms with Crippen molar-refractivity contribution in [3.8, 4) is 0 Å². The van der Waals surface area contributed by atoms with Crippen LogP contribution in [-0.4, -0.2) is 59.4 Å². The van der Waals surface area contributed by atoms with Gasteiger partial charge >= 0.3 is 0 Å². The third-order valence-corrected chi connectivity index (χ3v) is 7.55. The number of hydrogen-bond donors (Lipinski definition) is 0. The molecule has 0 aliphatic carbocycles. The van der Waals surface area contributed by atoms with Crippen LogP contribution in [0.3, 0.4) is 0 Å². The van der Waals surface area contributed by atoms with Crippen molar-refractivity contribution in [2.45, 2.75) is 26.3 Å². The third kappa shape index (κ3) is 4.54. The van der Waals surface area contributed by atoms with Crippen LogP contribution in [0.5, 0.6) is 0 Å². The lowest BCUT2D eigenvalue weighted by molar-refractivity contribution is 0.343. The molecule has 0 N–H and O–H groups in total. The highest BCUT2D eigenvalue weighted by molar-refractivity contribution is 7.89. The summed E-state index contributed by atoms with van der Waals surface area (Å²) in [4.78, 5) is 6.81. The van der Waals surface area contributed by atoms with Crippen LogP contribution < -0.4 is 4.90 Å². The van der Waals surface area contributed by atoms with E-state index in [1.54, 1.807) is 0 Å². The lowest BCUT2D eigenvalue weighted by Crippen LogP contribution is -2.54. The standard InChI is InChI=1S/C17H23ClN4O2S2/c1-13-3-5-15(6-4-13)11-16-19-17(25-20-16)22-9-8-21(12-14(22)2)26(23,24)10-7-18/h3-6,14H,7-12H2,1-2H3. The van der Waals surface area contributed by atoms with Crippen LogP contribution in [0.2, 0.25) is 0 Å². The van der Waals surface area contributed by atoms with Crippen molar-refractivity contribution in [2.24, 2.45) is 0 Å². The maximum absolute atomic E-state index is 12.2. The smallest absolute Gasteiger partial charge is 0.215 e. The van der Waals surface area contributed by atoms with E-state index in [-0.39, 0.29) is 17.7 Å². The fourth-order valence-electron chi connectivity index (χ4n) is 3.01. The van der Waals surface area contributed by atoms with Gasteiger partial charge in [0, 0.05) is 49.5 Å². The van der Waals surface area contributed by atoms with E-state index in [1.165, 1.54) is 27.0 Å². The number of aromatic nitrogens is 2. The van der Waals surface area contributed by atoms with Crippen molar-refractivity contribution in [1.29, 1.82) is 0 Å². The molecule has 6 nitrogen and oxygen atoms in total. The molecule has 0 saturated carbocycles. The number of sulfonamides is 1. The minimum Gasteiger partial charge on any atom is -0.342 e. The van der Waals surface area contributed by atoms with E-state index in [1.807, 2.05) is 6.92 Å². The van der Waals surface area contributed by atoms with Crippen molar-refractivity contribution in [3.05, 3.63) is 41.2 Å². The Morgan fingerprint density at radius 1 is 1.27 bits per heavy atom. The van der Waals surface area contributed by atoms with E-state index in [2.05, 4.69) is 45.4 Å². The molecule has 2 aromatic rings. The van der Waals surface area contributed by atoms with E-state index in [0.717, 1.165) is 11.0 Å². The molecule has 1 aliphatic rings. The molecule has 9 heteroatoms. The second-order valence-electron chi connectivity index (χ2n) is 6.56. The molecule has 1 aliphatic heterocycles. The average Bonchev–Trinajstić information content (AvgIpc) is 3.05. The Hall–Kier alpha value is -1.22. The van der Waals surface area contributed by atoms with Gasteiger partial charge in [-0.05, 0) is 19.4 Å². The maximum atomic E-state index is 12.2. The summed E-state index contributed by atoms with van der Waals surface area (Å²) in [6, 6.07) is 8.42. The topological polar surface area (TPSA) is 66.4 Å². The number of piperazine rings is 1. The summed E-state index contributed by atoms with van der Waals surface area (Å²) in [6.45, 7) is 5.60. The van der Waals surface area contributed by atoms with Gasteiger partial charge in [-0.25, -0.2) is 13.4 Å². The number of halogens is 1. The number of rotatable bonds is 6. The minimum atomic E-state index is -3.27. The summed E-state index contributed by atoms with van der Waals surface area (Å²) in [6.07, 6.45) is 0.704. The van der Waals surface area contributed by atoms with Crippen molar-refractivity contribution >= 4 is 38.3 Å². The number of hydrogen-bond acceptors (Lipinski definition) is 6. The summed E-state index contributed by atoms with van der Waals surface area (Å²) < 4.78 is 30.4. The maximum Gasteiger partial charge on any atom is 0.215 e. The molecule has 0 amide bonds. The van der Waals surface area contributed by atoms with Gasteiger partial charge in [-0.2, -0.15) is 8.68 Å².